The summed E-state index contributed by atoms with van der Waals surface area (Å²) in [5.41, 5.74) is 14.0. The second-order valence-corrected chi connectivity index (χ2v) is 10.5. The Morgan fingerprint density at radius 2 is 1.21 bits per heavy atom. The van der Waals surface area contributed by atoms with Crippen molar-refractivity contribution in [1.29, 1.82) is 0 Å². The van der Waals surface area contributed by atoms with Crippen molar-refractivity contribution < 1.29 is 29.1 Å². The summed E-state index contributed by atoms with van der Waals surface area (Å²) in [7, 11) is 0. The van der Waals surface area contributed by atoms with Crippen molar-refractivity contribution in [2.24, 2.45) is 11.5 Å². The summed E-state index contributed by atoms with van der Waals surface area (Å²) in [5, 5.41) is 19.1. The molecule has 0 radical (unpaired) electrons. The number of carboxylic acid groups (broad SMARTS) is 1. The van der Waals surface area contributed by atoms with Gasteiger partial charge >= 0.3 is 5.97 Å². The van der Waals surface area contributed by atoms with Crippen LogP contribution in [-0.2, 0) is 36.8 Å². The Hall–Kier alpha value is -4.82. The summed E-state index contributed by atoms with van der Waals surface area (Å²) in [6, 6.07) is 9.59. The van der Waals surface area contributed by atoms with Crippen LogP contribution in [0.4, 0.5) is 0 Å². The van der Waals surface area contributed by atoms with E-state index < -0.39 is 60.2 Å². The largest absolute Gasteiger partial charge is 0.480 e. The first kappa shape index (κ1) is 31.1. The molecule has 0 spiro atoms. The average Bonchev–Trinajstić information content (AvgIpc) is 3.59. The summed E-state index contributed by atoms with van der Waals surface area (Å²) in [5.74, 6) is -4.55. The van der Waals surface area contributed by atoms with Crippen molar-refractivity contribution in [3.63, 3.8) is 0 Å². The van der Waals surface area contributed by atoms with Gasteiger partial charge in [0.25, 0.3) is 0 Å². The van der Waals surface area contributed by atoms with Gasteiger partial charge < -0.3 is 42.5 Å². The van der Waals surface area contributed by atoms with Crippen LogP contribution in [0, 0.1) is 0 Å². The maximum Gasteiger partial charge on any atom is 0.326 e. The molecule has 0 saturated carbocycles. The lowest BCUT2D eigenvalue weighted by atomic mass is 10.0. The summed E-state index contributed by atoms with van der Waals surface area (Å²) in [6.45, 7) is 0. The van der Waals surface area contributed by atoms with Crippen molar-refractivity contribution in [3.05, 3.63) is 72.1 Å². The Morgan fingerprint density at radius 1 is 0.744 bits per heavy atom. The highest BCUT2D eigenvalue weighted by atomic mass is 32.1. The number of hydrogen-bond acceptors (Lipinski definition) is 7. The molecule has 4 amide bonds. The molecule has 4 rings (SSSR count). The maximum absolute atomic E-state index is 13.7. The number of amides is 4. The Balaban J connectivity index is 1.60. The standard InChI is InChI=1S/C29H33N7O6S/c30-19(14-43)26(38)34-23(11-25(31)37)28(40)35-22(9-15-12-32-20-7-3-1-5-17(15)20)27(39)36-24(29(41)42)10-16-13-33-21-8-4-2-6-18(16)21/h1-8,12-13,19,22-24,32-33,43H,9-11,14,30H2,(H2,31,37)(H,34,38)(H,35,40)(H,36,39)(H,41,42). The SMILES string of the molecule is NC(=O)CC(NC(=O)C(N)CS)C(=O)NC(Cc1c[nH]c2ccccc12)C(=O)NC(Cc1c[nH]c2ccccc12)C(=O)O. The molecule has 0 aliphatic rings. The number of benzene rings is 2. The third-order valence-electron chi connectivity index (χ3n) is 7.02. The zero-order chi connectivity index (χ0) is 31.1. The quantitative estimate of drug-likeness (QED) is 0.0898. The fraction of sp³-hybridized carbons (Fsp3) is 0.276. The van der Waals surface area contributed by atoms with Crippen LogP contribution in [0.3, 0.4) is 0 Å². The molecule has 0 aliphatic heterocycles. The highest BCUT2D eigenvalue weighted by Gasteiger charge is 2.32. The van der Waals surface area contributed by atoms with Gasteiger partial charge in [0.15, 0.2) is 0 Å². The second-order valence-electron chi connectivity index (χ2n) is 10.1. The number of fused-ring (bicyclic) bond motifs is 2. The van der Waals surface area contributed by atoms with Gasteiger partial charge in [0.2, 0.25) is 23.6 Å². The van der Waals surface area contributed by atoms with E-state index in [2.05, 4.69) is 38.5 Å². The third-order valence-corrected chi connectivity index (χ3v) is 7.41. The number of carboxylic acids is 1. The Bertz CT molecular complexity index is 1650. The molecule has 10 N–H and O–H groups in total. The Morgan fingerprint density at radius 3 is 1.72 bits per heavy atom. The first-order valence-electron chi connectivity index (χ1n) is 13.5. The number of para-hydroxylation sites is 2. The lowest BCUT2D eigenvalue weighted by Gasteiger charge is -2.24. The molecule has 4 atom stereocenters. The smallest absolute Gasteiger partial charge is 0.326 e. The van der Waals surface area contributed by atoms with E-state index in [0.29, 0.717) is 11.1 Å². The topological polar surface area (TPSA) is 225 Å². The number of aromatic amines is 2. The predicted molar refractivity (Wildman–Crippen MR) is 163 cm³/mol. The summed E-state index contributed by atoms with van der Waals surface area (Å²) in [6.07, 6.45) is 2.75. The summed E-state index contributed by atoms with van der Waals surface area (Å²) < 4.78 is 0. The van der Waals surface area contributed by atoms with E-state index in [1.807, 2.05) is 48.5 Å². The number of nitrogens with one attached hydrogen (secondary N) is 5. The molecule has 14 heteroatoms. The number of aliphatic carboxylic acids is 1. The molecule has 0 fully saturated rings. The zero-order valence-corrected chi connectivity index (χ0v) is 23.9. The van der Waals surface area contributed by atoms with E-state index in [1.165, 1.54) is 0 Å². The van der Waals surface area contributed by atoms with Gasteiger partial charge in [0.1, 0.15) is 18.1 Å². The van der Waals surface area contributed by atoms with Gasteiger partial charge in [-0.3, -0.25) is 19.2 Å². The highest BCUT2D eigenvalue weighted by molar-refractivity contribution is 7.80. The van der Waals surface area contributed by atoms with Crippen molar-refractivity contribution >= 4 is 64.0 Å². The number of thiol groups is 1. The van der Waals surface area contributed by atoms with Crippen LogP contribution >= 0.6 is 12.6 Å². The van der Waals surface area contributed by atoms with Gasteiger partial charge in [-0.15, -0.1) is 0 Å². The van der Waals surface area contributed by atoms with Crippen LogP contribution in [0.5, 0.6) is 0 Å². The number of carbonyl (C=O) groups is 5. The molecule has 0 bridgehead atoms. The molecular formula is C29H33N7O6S. The summed E-state index contributed by atoms with van der Waals surface area (Å²) >= 11 is 3.98. The van der Waals surface area contributed by atoms with E-state index in [-0.39, 0.29) is 18.6 Å². The van der Waals surface area contributed by atoms with Crippen molar-refractivity contribution in [2.75, 3.05) is 5.75 Å². The van der Waals surface area contributed by atoms with Crippen molar-refractivity contribution in [2.45, 2.75) is 43.4 Å². The van der Waals surface area contributed by atoms with Gasteiger partial charge in [0, 0.05) is 52.8 Å². The van der Waals surface area contributed by atoms with E-state index in [9.17, 15) is 29.1 Å². The molecule has 0 aliphatic carbocycles. The Labute approximate surface area is 251 Å². The van der Waals surface area contributed by atoms with Gasteiger partial charge in [-0.2, -0.15) is 12.6 Å². The van der Waals surface area contributed by atoms with Crippen LogP contribution in [-0.4, -0.2) is 74.6 Å². The van der Waals surface area contributed by atoms with Crippen LogP contribution in [0.2, 0.25) is 0 Å². The molecule has 13 nitrogen and oxygen atoms in total. The first-order valence-corrected chi connectivity index (χ1v) is 14.1. The minimum absolute atomic E-state index is 0.0185. The lowest BCUT2D eigenvalue weighted by molar-refractivity contribution is -0.142. The number of aromatic nitrogens is 2. The van der Waals surface area contributed by atoms with Gasteiger partial charge in [0.05, 0.1) is 12.5 Å². The monoisotopic (exact) mass is 607 g/mol. The van der Waals surface area contributed by atoms with Crippen molar-refractivity contribution in [1.82, 2.24) is 25.9 Å². The molecule has 2 heterocycles. The minimum Gasteiger partial charge on any atom is -0.480 e. The summed E-state index contributed by atoms with van der Waals surface area (Å²) in [4.78, 5) is 69.5. The molecule has 4 aromatic rings. The minimum atomic E-state index is -1.43. The van der Waals surface area contributed by atoms with Crippen LogP contribution < -0.4 is 27.4 Å². The van der Waals surface area contributed by atoms with Crippen LogP contribution in [0.25, 0.3) is 21.8 Å². The number of rotatable bonds is 14. The second kappa shape index (κ2) is 13.9. The molecule has 2 aromatic carbocycles. The average molecular weight is 608 g/mol. The maximum atomic E-state index is 13.7. The number of nitrogens with two attached hydrogens (primary N) is 2. The normalized spacial score (nSPS) is 14.0. The molecule has 0 saturated heterocycles. The van der Waals surface area contributed by atoms with Crippen LogP contribution in [0.1, 0.15) is 17.5 Å². The lowest BCUT2D eigenvalue weighted by Crippen LogP contribution is -2.58. The van der Waals surface area contributed by atoms with Crippen LogP contribution in [0.15, 0.2) is 60.9 Å². The number of hydrogen-bond donors (Lipinski definition) is 9. The van der Waals surface area contributed by atoms with Gasteiger partial charge in [-0.1, -0.05) is 36.4 Å². The Kier molecular flexibility index (Phi) is 10.1. The van der Waals surface area contributed by atoms with Gasteiger partial charge in [-0.25, -0.2) is 4.79 Å². The fourth-order valence-corrected chi connectivity index (χ4v) is 4.93. The van der Waals surface area contributed by atoms with E-state index >= 15 is 0 Å². The molecule has 2 aromatic heterocycles. The highest BCUT2D eigenvalue weighted by Crippen LogP contribution is 2.21. The predicted octanol–water partition coefficient (Wildman–Crippen LogP) is 0.106. The zero-order valence-electron chi connectivity index (χ0n) is 23.0. The van der Waals surface area contributed by atoms with Crippen molar-refractivity contribution in [3.8, 4) is 0 Å². The molecule has 4 unspecified atom stereocenters. The number of H-pyrrole nitrogens is 2. The molecular weight excluding hydrogens is 574 g/mol. The van der Waals surface area contributed by atoms with E-state index in [4.69, 9.17) is 11.5 Å². The fourth-order valence-electron chi connectivity index (χ4n) is 4.77. The number of carbonyl (C=O) groups excluding carboxylic acids is 4. The van der Waals surface area contributed by atoms with E-state index in [0.717, 1.165) is 21.8 Å². The number of primary amides is 1. The van der Waals surface area contributed by atoms with E-state index in [1.54, 1.807) is 12.4 Å². The third kappa shape index (κ3) is 7.72. The molecule has 43 heavy (non-hydrogen) atoms. The first-order chi connectivity index (χ1) is 20.6. The van der Waals surface area contributed by atoms with Gasteiger partial charge in [-0.05, 0) is 23.3 Å². The molecule has 226 valence electrons.